The first-order valence-corrected chi connectivity index (χ1v) is 6.51. The average Bonchev–Trinajstić information content (AvgIpc) is 2.43. The second-order valence-electron chi connectivity index (χ2n) is 4.68. The van der Waals surface area contributed by atoms with Crippen molar-refractivity contribution in [1.82, 2.24) is 5.32 Å². The van der Waals surface area contributed by atoms with E-state index in [1.165, 1.54) is 7.11 Å². The fourth-order valence-corrected chi connectivity index (χ4v) is 2.08. The quantitative estimate of drug-likeness (QED) is 0.767. The third kappa shape index (κ3) is 3.78. The van der Waals surface area contributed by atoms with E-state index >= 15 is 0 Å². The molecule has 0 heterocycles. The molecule has 1 unspecified atom stereocenters. The van der Waals surface area contributed by atoms with Gasteiger partial charge in [-0.3, -0.25) is 0 Å². The van der Waals surface area contributed by atoms with Gasteiger partial charge in [0, 0.05) is 13.0 Å². The summed E-state index contributed by atoms with van der Waals surface area (Å²) in [7, 11) is 3.17. The SMILES string of the molecule is CNC(CCOC(C)C)(C(=O)OC)c1ccccc1. The van der Waals surface area contributed by atoms with E-state index in [1.54, 1.807) is 7.05 Å². The van der Waals surface area contributed by atoms with Gasteiger partial charge in [0.05, 0.1) is 13.2 Å². The number of benzene rings is 1. The van der Waals surface area contributed by atoms with Crippen LogP contribution in [0, 0.1) is 0 Å². The van der Waals surface area contributed by atoms with Crippen LogP contribution in [0.15, 0.2) is 30.3 Å². The van der Waals surface area contributed by atoms with Crippen molar-refractivity contribution in [3.05, 3.63) is 35.9 Å². The van der Waals surface area contributed by atoms with E-state index in [0.717, 1.165) is 5.56 Å². The number of nitrogens with one attached hydrogen (secondary N) is 1. The fourth-order valence-electron chi connectivity index (χ4n) is 2.08. The lowest BCUT2D eigenvalue weighted by molar-refractivity contribution is -0.150. The number of hydrogen-bond donors (Lipinski definition) is 1. The van der Waals surface area contributed by atoms with Gasteiger partial charge in [0.1, 0.15) is 5.54 Å². The van der Waals surface area contributed by atoms with Gasteiger partial charge in [-0.15, -0.1) is 0 Å². The van der Waals surface area contributed by atoms with Crippen LogP contribution in [0.1, 0.15) is 25.8 Å². The Labute approximate surface area is 115 Å². The standard InChI is InChI=1S/C15H23NO3/c1-12(2)19-11-10-15(16-3,14(17)18-4)13-8-6-5-7-9-13/h5-9,12,16H,10-11H2,1-4H3. The maximum atomic E-state index is 12.2. The van der Waals surface area contributed by atoms with Crippen LogP contribution in [0.25, 0.3) is 0 Å². The highest BCUT2D eigenvalue weighted by Gasteiger charge is 2.39. The molecule has 1 rings (SSSR count). The lowest BCUT2D eigenvalue weighted by Gasteiger charge is -2.31. The van der Waals surface area contributed by atoms with E-state index in [0.29, 0.717) is 13.0 Å². The summed E-state index contributed by atoms with van der Waals surface area (Å²) in [5.74, 6) is -0.298. The van der Waals surface area contributed by atoms with Gasteiger partial charge < -0.3 is 14.8 Å². The molecule has 4 nitrogen and oxygen atoms in total. The number of carbonyl (C=O) groups is 1. The van der Waals surface area contributed by atoms with Crippen molar-refractivity contribution in [3.63, 3.8) is 0 Å². The van der Waals surface area contributed by atoms with E-state index in [4.69, 9.17) is 9.47 Å². The summed E-state index contributed by atoms with van der Waals surface area (Å²) in [6, 6.07) is 9.58. The highest BCUT2D eigenvalue weighted by atomic mass is 16.5. The van der Waals surface area contributed by atoms with Gasteiger partial charge in [0.25, 0.3) is 0 Å². The Morgan fingerprint density at radius 2 is 1.95 bits per heavy atom. The highest BCUT2D eigenvalue weighted by Crippen LogP contribution is 2.26. The Morgan fingerprint density at radius 3 is 2.42 bits per heavy atom. The van der Waals surface area contributed by atoms with Crippen LogP contribution in [-0.4, -0.2) is 32.8 Å². The largest absolute Gasteiger partial charge is 0.467 e. The minimum atomic E-state index is -0.856. The molecule has 1 aromatic rings. The summed E-state index contributed by atoms with van der Waals surface area (Å²) < 4.78 is 10.5. The Balaban J connectivity index is 2.98. The summed E-state index contributed by atoms with van der Waals surface area (Å²) in [6.07, 6.45) is 0.668. The molecule has 106 valence electrons. The van der Waals surface area contributed by atoms with Gasteiger partial charge in [-0.05, 0) is 26.5 Å². The topological polar surface area (TPSA) is 47.6 Å². The van der Waals surface area contributed by atoms with Gasteiger partial charge in [0.15, 0.2) is 0 Å². The van der Waals surface area contributed by atoms with Gasteiger partial charge in [-0.1, -0.05) is 30.3 Å². The van der Waals surface area contributed by atoms with Crippen LogP contribution in [0.3, 0.4) is 0 Å². The molecular formula is C15H23NO3. The number of ether oxygens (including phenoxy) is 2. The van der Waals surface area contributed by atoms with Crippen LogP contribution in [0.5, 0.6) is 0 Å². The number of hydrogen-bond acceptors (Lipinski definition) is 4. The lowest BCUT2D eigenvalue weighted by Crippen LogP contribution is -2.49. The minimum absolute atomic E-state index is 0.142. The number of esters is 1. The van der Waals surface area contributed by atoms with Crippen molar-refractivity contribution >= 4 is 5.97 Å². The summed E-state index contributed by atoms with van der Waals surface area (Å²) in [5.41, 5.74) is 0.0296. The molecule has 0 aromatic heterocycles. The third-order valence-electron chi connectivity index (χ3n) is 3.16. The minimum Gasteiger partial charge on any atom is -0.467 e. The molecule has 0 saturated heterocycles. The molecule has 0 spiro atoms. The number of methoxy groups -OCH3 is 1. The average molecular weight is 265 g/mol. The first-order valence-electron chi connectivity index (χ1n) is 6.51. The Hall–Kier alpha value is -1.39. The molecule has 0 radical (unpaired) electrons. The first kappa shape index (κ1) is 15.7. The molecule has 0 aliphatic rings. The van der Waals surface area contributed by atoms with E-state index in [9.17, 15) is 4.79 Å². The van der Waals surface area contributed by atoms with Crippen LogP contribution in [-0.2, 0) is 19.8 Å². The van der Waals surface area contributed by atoms with Crippen molar-refractivity contribution in [2.24, 2.45) is 0 Å². The maximum absolute atomic E-state index is 12.2. The first-order chi connectivity index (χ1) is 9.06. The second kappa shape index (κ2) is 7.26. The molecule has 0 bridgehead atoms. The molecule has 1 N–H and O–H groups in total. The van der Waals surface area contributed by atoms with E-state index in [2.05, 4.69) is 5.32 Å². The van der Waals surface area contributed by atoms with E-state index in [-0.39, 0.29) is 12.1 Å². The molecule has 0 amide bonds. The van der Waals surface area contributed by atoms with E-state index in [1.807, 2.05) is 44.2 Å². The Bertz CT molecular complexity index is 392. The predicted octanol–water partition coefficient (Wildman–Crippen LogP) is 2.09. The smallest absolute Gasteiger partial charge is 0.330 e. The zero-order valence-corrected chi connectivity index (χ0v) is 12.1. The van der Waals surface area contributed by atoms with Crippen LogP contribution in [0.4, 0.5) is 0 Å². The van der Waals surface area contributed by atoms with Crippen LogP contribution in [0.2, 0.25) is 0 Å². The van der Waals surface area contributed by atoms with Gasteiger partial charge >= 0.3 is 5.97 Å². The zero-order valence-electron chi connectivity index (χ0n) is 12.1. The van der Waals surface area contributed by atoms with Crippen molar-refractivity contribution in [2.45, 2.75) is 31.9 Å². The summed E-state index contributed by atoms with van der Waals surface area (Å²) in [6.45, 7) is 4.44. The second-order valence-corrected chi connectivity index (χ2v) is 4.68. The Morgan fingerprint density at radius 1 is 1.32 bits per heavy atom. The lowest BCUT2D eigenvalue weighted by atomic mass is 9.87. The van der Waals surface area contributed by atoms with Crippen molar-refractivity contribution < 1.29 is 14.3 Å². The summed E-state index contributed by atoms with van der Waals surface area (Å²) in [4.78, 5) is 12.2. The Kier molecular flexibility index (Phi) is 5.99. The summed E-state index contributed by atoms with van der Waals surface area (Å²) in [5, 5.41) is 3.10. The molecule has 1 atom stereocenters. The number of rotatable bonds is 7. The van der Waals surface area contributed by atoms with Gasteiger partial charge in [0.2, 0.25) is 0 Å². The molecule has 0 saturated carbocycles. The molecule has 19 heavy (non-hydrogen) atoms. The monoisotopic (exact) mass is 265 g/mol. The summed E-state index contributed by atoms with van der Waals surface area (Å²) >= 11 is 0. The van der Waals surface area contributed by atoms with Gasteiger partial charge in [-0.25, -0.2) is 4.79 Å². The molecule has 1 aromatic carbocycles. The zero-order chi connectivity index (χ0) is 14.3. The van der Waals surface area contributed by atoms with Crippen molar-refractivity contribution in [1.29, 1.82) is 0 Å². The molecular weight excluding hydrogens is 242 g/mol. The van der Waals surface area contributed by atoms with Crippen LogP contribution < -0.4 is 5.32 Å². The number of carbonyl (C=O) groups excluding carboxylic acids is 1. The van der Waals surface area contributed by atoms with Gasteiger partial charge in [-0.2, -0.15) is 0 Å². The number of likely N-dealkylation sites (N-methyl/N-ethyl adjacent to an activating group) is 1. The molecule has 0 fully saturated rings. The van der Waals surface area contributed by atoms with Crippen molar-refractivity contribution in [3.8, 4) is 0 Å². The maximum Gasteiger partial charge on any atom is 0.330 e. The molecule has 0 aliphatic carbocycles. The fraction of sp³-hybridized carbons (Fsp3) is 0.533. The predicted molar refractivity (Wildman–Crippen MR) is 74.9 cm³/mol. The molecule has 4 heteroatoms. The van der Waals surface area contributed by atoms with Crippen molar-refractivity contribution in [2.75, 3.05) is 20.8 Å². The third-order valence-corrected chi connectivity index (χ3v) is 3.16. The van der Waals surface area contributed by atoms with Crippen LogP contribution >= 0.6 is 0 Å². The normalized spacial score (nSPS) is 14.2. The highest BCUT2D eigenvalue weighted by molar-refractivity contribution is 5.82. The molecule has 0 aliphatic heterocycles. The van der Waals surface area contributed by atoms with E-state index < -0.39 is 5.54 Å².